The highest BCUT2D eigenvalue weighted by molar-refractivity contribution is 5.23. The van der Waals surface area contributed by atoms with E-state index in [1.807, 2.05) is 30.3 Å². The fourth-order valence-electron chi connectivity index (χ4n) is 3.20. The molecule has 0 N–H and O–H groups in total. The van der Waals surface area contributed by atoms with Gasteiger partial charge in [-0.15, -0.1) is 0 Å². The molecule has 1 aliphatic carbocycles. The predicted octanol–water partition coefficient (Wildman–Crippen LogP) is 4.48. The first-order valence-corrected chi connectivity index (χ1v) is 8.02. The maximum Gasteiger partial charge on any atom is 0.185 e. The lowest BCUT2D eigenvalue weighted by atomic mass is 10.0. The molecule has 1 saturated carbocycles. The Morgan fingerprint density at radius 1 is 1.23 bits per heavy atom. The first-order valence-electron chi connectivity index (χ1n) is 8.02. The summed E-state index contributed by atoms with van der Waals surface area (Å²) in [6, 6.07) is 9.50. The SMILES string of the molecule is F[C@@H](CCC1CC1)c1nc2n(n1)[C@H](c1ccccc1)C[C@@H]2F. The Morgan fingerprint density at radius 2 is 2.00 bits per heavy atom. The first-order chi connectivity index (χ1) is 10.7. The second-order valence-corrected chi connectivity index (χ2v) is 6.39. The third-order valence-corrected chi connectivity index (χ3v) is 4.67. The minimum Gasteiger partial charge on any atom is -0.239 e. The molecule has 0 radical (unpaired) electrons. The molecule has 0 unspecified atom stereocenters. The summed E-state index contributed by atoms with van der Waals surface area (Å²) >= 11 is 0. The predicted molar refractivity (Wildman–Crippen MR) is 78.9 cm³/mol. The van der Waals surface area contributed by atoms with Crippen LogP contribution in [0.4, 0.5) is 8.78 Å². The summed E-state index contributed by atoms with van der Waals surface area (Å²) in [6.07, 6.45) is 1.74. The lowest BCUT2D eigenvalue weighted by Crippen LogP contribution is -2.08. The third-order valence-electron chi connectivity index (χ3n) is 4.67. The van der Waals surface area contributed by atoms with Crippen LogP contribution in [0.15, 0.2) is 30.3 Å². The molecule has 22 heavy (non-hydrogen) atoms. The highest BCUT2D eigenvalue weighted by Gasteiger charge is 2.36. The summed E-state index contributed by atoms with van der Waals surface area (Å²) in [5, 5.41) is 4.29. The largest absolute Gasteiger partial charge is 0.239 e. The van der Waals surface area contributed by atoms with E-state index >= 15 is 0 Å². The molecule has 1 aromatic carbocycles. The summed E-state index contributed by atoms with van der Waals surface area (Å²) in [5.74, 6) is 1.11. The molecule has 1 fully saturated rings. The Labute approximate surface area is 128 Å². The molecular weight excluding hydrogens is 284 g/mol. The fraction of sp³-hybridized carbons (Fsp3) is 0.529. The number of benzene rings is 1. The quantitative estimate of drug-likeness (QED) is 0.815. The summed E-state index contributed by atoms with van der Waals surface area (Å²) in [4.78, 5) is 4.15. The maximum absolute atomic E-state index is 14.3. The van der Waals surface area contributed by atoms with Crippen molar-refractivity contribution in [3.05, 3.63) is 47.5 Å². The normalized spacial score (nSPS) is 25.2. The first kappa shape index (κ1) is 13.9. The zero-order valence-electron chi connectivity index (χ0n) is 12.3. The van der Waals surface area contributed by atoms with Gasteiger partial charge < -0.3 is 0 Å². The molecule has 4 rings (SSSR count). The summed E-state index contributed by atoms with van der Waals surface area (Å²) in [6.45, 7) is 0. The zero-order chi connectivity index (χ0) is 15.1. The van der Waals surface area contributed by atoms with Crippen LogP contribution in [0.1, 0.15) is 67.7 Å². The summed E-state index contributed by atoms with van der Waals surface area (Å²) < 4.78 is 30.1. The summed E-state index contributed by atoms with van der Waals surface area (Å²) in [5.41, 5.74) is 0.994. The molecule has 2 aliphatic rings. The van der Waals surface area contributed by atoms with Gasteiger partial charge >= 0.3 is 0 Å². The maximum atomic E-state index is 14.3. The van der Waals surface area contributed by atoms with E-state index in [1.165, 1.54) is 12.8 Å². The van der Waals surface area contributed by atoms with Crippen molar-refractivity contribution in [3.63, 3.8) is 0 Å². The van der Waals surface area contributed by atoms with Gasteiger partial charge in [-0.25, -0.2) is 18.4 Å². The molecule has 0 bridgehead atoms. The van der Waals surface area contributed by atoms with Crippen LogP contribution < -0.4 is 0 Å². The van der Waals surface area contributed by atoms with Crippen LogP contribution in [0.2, 0.25) is 0 Å². The second kappa shape index (κ2) is 5.45. The van der Waals surface area contributed by atoms with Gasteiger partial charge in [-0.1, -0.05) is 43.2 Å². The number of rotatable bonds is 5. The van der Waals surface area contributed by atoms with Crippen molar-refractivity contribution < 1.29 is 8.78 Å². The molecule has 1 aromatic heterocycles. The topological polar surface area (TPSA) is 30.7 Å². The minimum absolute atomic E-state index is 0.152. The van der Waals surface area contributed by atoms with Crippen LogP contribution in [0.3, 0.4) is 0 Å². The van der Waals surface area contributed by atoms with Gasteiger partial charge in [0.05, 0.1) is 6.04 Å². The molecule has 0 amide bonds. The molecule has 3 atom stereocenters. The Balaban J connectivity index is 1.57. The van der Waals surface area contributed by atoms with Crippen LogP contribution in [0.5, 0.6) is 0 Å². The van der Waals surface area contributed by atoms with Gasteiger partial charge in [-0.05, 0) is 24.3 Å². The number of hydrogen-bond donors (Lipinski definition) is 0. The van der Waals surface area contributed by atoms with Crippen LogP contribution in [0, 0.1) is 5.92 Å². The van der Waals surface area contributed by atoms with E-state index in [1.54, 1.807) is 4.68 Å². The van der Waals surface area contributed by atoms with Gasteiger partial charge in [0.15, 0.2) is 24.0 Å². The molecule has 0 saturated heterocycles. The number of fused-ring (bicyclic) bond motifs is 1. The van der Waals surface area contributed by atoms with Crippen molar-refractivity contribution in [2.45, 2.75) is 50.5 Å². The van der Waals surface area contributed by atoms with Gasteiger partial charge in [-0.3, -0.25) is 0 Å². The van der Waals surface area contributed by atoms with Crippen LogP contribution in [-0.4, -0.2) is 14.8 Å². The van der Waals surface area contributed by atoms with Gasteiger partial charge in [0, 0.05) is 6.42 Å². The van der Waals surface area contributed by atoms with Crippen molar-refractivity contribution in [3.8, 4) is 0 Å². The molecular formula is C17H19F2N3. The molecule has 116 valence electrons. The highest BCUT2D eigenvalue weighted by Crippen LogP contribution is 2.41. The number of aromatic nitrogens is 3. The van der Waals surface area contributed by atoms with E-state index in [9.17, 15) is 8.78 Å². The summed E-state index contributed by atoms with van der Waals surface area (Å²) in [7, 11) is 0. The van der Waals surface area contributed by atoms with Crippen molar-refractivity contribution in [2.75, 3.05) is 0 Å². The molecule has 2 aromatic rings. The average molecular weight is 303 g/mol. The minimum atomic E-state index is -1.18. The number of halogens is 2. The monoisotopic (exact) mass is 303 g/mol. The number of hydrogen-bond acceptors (Lipinski definition) is 2. The molecule has 0 spiro atoms. The van der Waals surface area contributed by atoms with E-state index in [4.69, 9.17) is 0 Å². The lowest BCUT2D eigenvalue weighted by Gasteiger charge is -2.11. The molecule has 2 heterocycles. The Kier molecular flexibility index (Phi) is 3.43. The number of alkyl halides is 2. The van der Waals surface area contributed by atoms with Crippen LogP contribution >= 0.6 is 0 Å². The molecule has 1 aliphatic heterocycles. The average Bonchev–Trinajstić information content (AvgIpc) is 3.18. The van der Waals surface area contributed by atoms with Crippen molar-refractivity contribution in [2.24, 2.45) is 5.92 Å². The highest BCUT2D eigenvalue weighted by atomic mass is 19.1. The molecule has 5 heteroatoms. The third kappa shape index (κ3) is 2.53. The van der Waals surface area contributed by atoms with Gasteiger partial charge in [-0.2, -0.15) is 5.10 Å². The van der Waals surface area contributed by atoms with E-state index in [-0.39, 0.29) is 17.7 Å². The molecule has 3 nitrogen and oxygen atoms in total. The van der Waals surface area contributed by atoms with Crippen LogP contribution in [-0.2, 0) is 0 Å². The fourth-order valence-corrected chi connectivity index (χ4v) is 3.20. The van der Waals surface area contributed by atoms with Gasteiger partial charge in [0.25, 0.3) is 0 Å². The van der Waals surface area contributed by atoms with Crippen LogP contribution in [0.25, 0.3) is 0 Å². The lowest BCUT2D eigenvalue weighted by molar-refractivity contribution is 0.288. The Hall–Kier alpha value is -1.78. The van der Waals surface area contributed by atoms with E-state index in [0.29, 0.717) is 18.8 Å². The van der Waals surface area contributed by atoms with Crippen molar-refractivity contribution in [1.29, 1.82) is 0 Å². The standard InChI is InChI=1S/C17H19F2N3/c18-13(9-8-11-6-7-11)16-20-17-14(19)10-15(22(17)21-16)12-4-2-1-3-5-12/h1-5,11,13-15H,6-10H2/t13-,14-,15-/m0/s1. The number of nitrogens with zero attached hydrogens (tertiary/aromatic N) is 3. The Morgan fingerprint density at radius 3 is 2.73 bits per heavy atom. The Bertz CT molecular complexity index is 651. The van der Waals surface area contributed by atoms with Crippen molar-refractivity contribution >= 4 is 0 Å². The van der Waals surface area contributed by atoms with E-state index in [2.05, 4.69) is 10.1 Å². The van der Waals surface area contributed by atoms with E-state index in [0.717, 1.165) is 12.0 Å². The zero-order valence-corrected chi connectivity index (χ0v) is 12.3. The smallest absolute Gasteiger partial charge is 0.185 e. The van der Waals surface area contributed by atoms with E-state index < -0.39 is 12.3 Å². The second-order valence-electron chi connectivity index (χ2n) is 6.39. The van der Waals surface area contributed by atoms with Crippen molar-refractivity contribution in [1.82, 2.24) is 14.8 Å². The van der Waals surface area contributed by atoms with Gasteiger partial charge in [0.2, 0.25) is 0 Å². The van der Waals surface area contributed by atoms with Gasteiger partial charge in [0.1, 0.15) is 0 Å².